The molecule has 3 aliphatic rings. The van der Waals surface area contributed by atoms with Gasteiger partial charge in [0, 0.05) is 22.7 Å². The number of para-hydroxylation sites is 1. The highest BCUT2D eigenvalue weighted by Crippen LogP contribution is 2.71. The van der Waals surface area contributed by atoms with Gasteiger partial charge < -0.3 is 20.6 Å². The molecule has 3 aliphatic heterocycles. The van der Waals surface area contributed by atoms with Crippen LogP contribution in [0.5, 0.6) is 0 Å². The molecule has 0 aromatic heterocycles. The first-order chi connectivity index (χ1) is 16.7. The number of fused-ring (bicyclic) bond motifs is 1. The van der Waals surface area contributed by atoms with Crippen molar-refractivity contribution in [2.75, 3.05) is 23.8 Å². The van der Waals surface area contributed by atoms with Gasteiger partial charge in [0.05, 0.1) is 23.2 Å². The maximum absolute atomic E-state index is 13.8. The summed E-state index contributed by atoms with van der Waals surface area (Å²) < 4.78 is -1.15. The van der Waals surface area contributed by atoms with Crippen molar-refractivity contribution in [2.24, 2.45) is 11.8 Å². The number of likely N-dealkylation sites (tertiary alicyclic amines) is 1. The second-order valence-corrected chi connectivity index (χ2v) is 12.0. The SMILES string of the molecule is Cc1ccc(C)c(NC(=O)C2N(CCO)C(=O)[C@@H]3[C@H](C(=O)Nc4ccccc4)[C@]4(C)CCC23S4)c1. The largest absolute Gasteiger partial charge is 0.395 e. The molecule has 2 unspecified atom stereocenters. The van der Waals surface area contributed by atoms with Gasteiger partial charge in [0.1, 0.15) is 6.04 Å². The number of aliphatic hydroxyl groups excluding tert-OH is 1. The van der Waals surface area contributed by atoms with E-state index < -0.39 is 27.4 Å². The lowest BCUT2D eigenvalue weighted by Gasteiger charge is -2.34. The second kappa shape index (κ2) is 8.68. The minimum absolute atomic E-state index is 0.0618. The molecule has 2 aromatic carbocycles. The zero-order chi connectivity index (χ0) is 25.0. The number of carbonyl (C=O) groups is 3. The fourth-order valence-electron chi connectivity index (χ4n) is 6.29. The standard InChI is InChI=1S/C27H31N3O4S/c1-16-9-10-17(2)19(15-16)29-24(33)22-27-12-11-26(3,35-27)20(21(27)25(34)30(22)13-14-31)23(32)28-18-7-5-4-6-8-18/h4-10,15,20-22,31H,11-14H2,1-3H3,(H,28,32)(H,29,33)/t20-,21+,22?,26+,27?/m1/s1. The van der Waals surface area contributed by atoms with Gasteiger partial charge in [-0.05, 0) is 62.9 Å². The zero-order valence-corrected chi connectivity index (χ0v) is 21.0. The number of aliphatic hydroxyl groups is 1. The van der Waals surface area contributed by atoms with Gasteiger partial charge in [-0.1, -0.05) is 30.3 Å². The molecule has 3 fully saturated rings. The monoisotopic (exact) mass is 493 g/mol. The molecular formula is C27H31N3O4S. The maximum Gasteiger partial charge on any atom is 0.248 e. The van der Waals surface area contributed by atoms with Gasteiger partial charge in [-0.25, -0.2) is 0 Å². The fourth-order valence-corrected chi connectivity index (χ4v) is 8.64. The van der Waals surface area contributed by atoms with Crippen molar-refractivity contribution in [3.63, 3.8) is 0 Å². The molecule has 3 amide bonds. The van der Waals surface area contributed by atoms with E-state index in [1.165, 1.54) is 4.90 Å². The van der Waals surface area contributed by atoms with Gasteiger partial charge in [-0.3, -0.25) is 14.4 Å². The van der Waals surface area contributed by atoms with Gasteiger partial charge in [0.25, 0.3) is 0 Å². The summed E-state index contributed by atoms with van der Waals surface area (Å²) in [6, 6.07) is 14.3. The van der Waals surface area contributed by atoms with Crippen LogP contribution in [-0.4, -0.2) is 56.4 Å². The van der Waals surface area contributed by atoms with E-state index in [1.54, 1.807) is 11.8 Å². The molecule has 3 saturated heterocycles. The van der Waals surface area contributed by atoms with Crippen LogP contribution in [0, 0.1) is 25.7 Å². The number of hydrogen-bond donors (Lipinski definition) is 3. The van der Waals surface area contributed by atoms with Crippen molar-refractivity contribution in [3.05, 3.63) is 59.7 Å². The zero-order valence-electron chi connectivity index (χ0n) is 20.2. The maximum atomic E-state index is 13.8. The summed E-state index contributed by atoms with van der Waals surface area (Å²) in [7, 11) is 0. The topological polar surface area (TPSA) is 98.7 Å². The van der Waals surface area contributed by atoms with Gasteiger partial charge in [0.15, 0.2) is 0 Å². The summed E-state index contributed by atoms with van der Waals surface area (Å²) in [6.45, 7) is 5.76. The van der Waals surface area contributed by atoms with Crippen LogP contribution in [-0.2, 0) is 14.4 Å². The van der Waals surface area contributed by atoms with E-state index in [-0.39, 0.29) is 30.9 Å². The van der Waals surface area contributed by atoms with Gasteiger partial charge in [-0.2, -0.15) is 0 Å². The van der Waals surface area contributed by atoms with Crippen molar-refractivity contribution in [1.82, 2.24) is 4.90 Å². The van der Waals surface area contributed by atoms with E-state index in [2.05, 4.69) is 10.6 Å². The Labute approximate surface area is 209 Å². The molecular weight excluding hydrogens is 462 g/mol. The molecule has 3 N–H and O–H groups in total. The van der Waals surface area contributed by atoms with E-state index in [0.717, 1.165) is 17.5 Å². The molecule has 0 radical (unpaired) electrons. The average Bonchev–Trinajstić information content (AvgIpc) is 3.38. The number of anilines is 2. The van der Waals surface area contributed by atoms with Crippen molar-refractivity contribution >= 4 is 40.9 Å². The Balaban J connectivity index is 1.50. The van der Waals surface area contributed by atoms with Crippen molar-refractivity contribution < 1.29 is 19.5 Å². The summed E-state index contributed by atoms with van der Waals surface area (Å²) in [4.78, 5) is 42.7. The molecule has 5 atom stereocenters. The number of hydrogen-bond acceptors (Lipinski definition) is 5. The van der Waals surface area contributed by atoms with E-state index >= 15 is 0 Å². The van der Waals surface area contributed by atoms with E-state index in [0.29, 0.717) is 17.8 Å². The Bertz CT molecular complexity index is 1190. The van der Waals surface area contributed by atoms with Crippen LogP contribution in [0.2, 0.25) is 0 Å². The highest BCUT2D eigenvalue weighted by molar-refractivity contribution is 8.02. The number of aryl methyl sites for hydroxylation is 2. The molecule has 1 spiro atoms. The number of nitrogens with zero attached hydrogens (tertiary/aromatic N) is 1. The van der Waals surface area contributed by atoms with E-state index in [1.807, 2.05) is 69.3 Å². The predicted molar refractivity (Wildman–Crippen MR) is 137 cm³/mol. The number of β-amino-alcohol motifs (C(OH)–C–C–N with tert-alkyl or cyclic N) is 1. The molecule has 2 bridgehead atoms. The lowest BCUT2D eigenvalue weighted by molar-refractivity contribution is -0.139. The minimum Gasteiger partial charge on any atom is -0.395 e. The Kier molecular flexibility index (Phi) is 5.92. The van der Waals surface area contributed by atoms with E-state index in [4.69, 9.17) is 0 Å². The third-order valence-corrected chi connectivity index (χ3v) is 9.83. The predicted octanol–water partition coefficient (Wildman–Crippen LogP) is 3.35. The van der Waals surface area contributed by atoms with Crippen LogP contribution in [0.1, 0.15) is 30.9 Å². The number of nitrogens with one attached hydrogen (secondary N) is 2. The second-order valence-electron chi connectivity index (χ2n) is 10.1. The smallest absolute Gasteiger partial charge is 0.248 e. The molecule has 7 nitrogen and oxygen atoms in total. The number of carbonyl (C=O) groups excluding carboxylic acids is 3. The number of benzene rings is 2. The molecule has 8 heteroatoms. The van der Waals surface area contributed by atoms with Crippen LogP contribution < -0.4 is 10.6 Å². The van der Waals surface area contributed by atoms with Crippen LogP contribution in [0.3, 0.4) is 0 Å². The third-order valence-electron chi connectivity index (χ3n) is 7.84. The molecule has 0 saturated carbocycles. The number of rotatable bonds is 6. The Morgan fingerprint density at radius 2 is 1.83 bits per heavy atom. The highest BCUT2D eigenvalue weighted by atomic mass is 32.2. The van der Waals surface area contributed by atoms with Crippen LogP contribution in [0.4, 0.5) is 11.4 Å². The molecule has 35 heavy (non-hydrogen) atoms. The van der Waals surface area contributed by atoms with Crippen LogP contribution in [0.15, 0.2) is 48.5 Å². The first kappa shape index (κ1) is 23.9. The van der Waals surface area contributed by atoms with Gasteiger partial charge in [-0.15, -0.1) is 11.8 Å². The summed E-state index contributed by atoms with van der Waals surface area (Å²) in [6.07, 6.45) is 1.42. The molecule has 3 heterocycles. The summed E-state index contributed by atoms with van der Waals surface area (Å²) in [5.74, 6) is -1.84. The van der Waals surface area contributed by atoms with Gasteiger partial charge >= 0.3 is 0 Å². The van der Waals surface area contributed by atoms with Gasteiger partial charge in [0.2, 0.25) is 17.7 Å². The lowest BCUT2D eigenvalue weighted by atomic mass is 9.66. The molecule has 5 rings (SSSR count). The fraction of sp³-hybridized carbons (Fsp3) is 0.444. The quantitative estimate of drug-likeness (QED) is 0.573. The van der Waals surface area contributed by atoms with Crippen LogP contribution >= 0.6 is 11.8 Å². The normalized spacial score (nSPS) is 30.9. The highest BCUT2D eigenvalue weighted by Gasteiger charge is 2.77. The molecule has 184 valence electrons. The Morgan fingerprint density at radius 1 is 1.09 bits per heavy atom. The average molecular weight is 494 g/mol. The summed E-state index contributed by atoms with van der Waals surface area (Å²) >= 11 is 1.62. The first-order valence-electron chi connectivity index (χ1n) is 12.1. The van der Waals surface area contributed by atoms with Crippen molar-refractivity contribution in [2.45, 2.75) is 49.1 Å². The minimum atomic E-state index is -0.756. The number of amides is 3. The molecule has 0 aliphatic carbocycles. The number of thioether (sulfide) groups is 1. The molecule has 2 aromatic rings. The van der Waals surface area contributed by atoms with Crippen molar-refractivity contribution in [3.8, 4) is 0 Å². The third kappa shape index (κ3) is 3.74. The summed E-state index contributed by atoms with van der Waals surface area (Å²) in [5.41, 5.74) is 3.36. The first-order valence-corrected chi connectivity index (χ1v) is 12.9. The summed E-state index contributed by atoms with van der Waals surface area (Å²) in [5, 5.41) is 15.8. The Morgan fingerprint density at radius 3 is 2.54 bits per heavy atom. The Hall–Kier alpha value is -2.84. The van der Waals surface area contributed by atoms with Crippen molar-refractivity contribution in [1.29, 1.82) is 0 Å². The van der Waals surface area contributed by atoms with Crippen LogP contribution in [0.25, 0.3) is 0 Å². The lowest BCUT2D eigenvalue weighted by Crippen LogP contribution is -2.52. The van der Waals surface area contributed by atoms with E-state index in [9.17, 15) is 19.5 Å².